The van der Waals surface area contributed by atoms with Crippen molar-refractivity contribution in [2.24, 2.45) is 0 Å². The van der Waals surface area contributed by atoms with Crippen molar-refractivity contribution in [2.45, 2.75) is 0 Å². The summed E-state index contributed by atoms with van der Waals surface area (Å²) in [6, 6.07) is 3.35. The minimum Gasteiger partial charge on any atom is -0.343 e. The van der Waals surface area contributed by atoms with Crippen LogP contribution in [0, 0.1) is 0 Å². The maximum absolute atomic E-state index is 10.3. The highest BCUT2D eigenvalue weighted by Crippen LogP contribution is 2.26. The van der Waals surface area contributed by atoms with E-state index >= 15 is 0 Å². The Morgan fingerprint density at radius 1 is 1.13 bits per heavy atom. The van der Waals surface area contributed by atoms with Crippen LogP contribution in [0.2, 0.25) is 0 Å². The fourth-order valence-corrected chi connectivity index (χ4v) is 1.40. The fraction of sp³-hybridized carbons (Fsp3) is 0. The van der Waals surface area contributed by atoms with Gasteiger partial charge in [-0.2, -0.15) is 0 Å². The molecule has 0 atom stereocenters. The van der Waals surface area contributed by atoms with Crippen LogP contribution in [0.25, 0.3) is 11.0 Å². The number of fused-ring (bicyclic) bond motifs is 1. The Kier molecular flexibility index (Phi) is 2.32. The lowest BCUT2D eigenvalue weighted by Gasteiger charge is -2.04. The number of carbonyl (C=O) groups excluding carboxylic acids is 2. The summed E-state index contributed by atoms with van der Waals surface area (Å²) >= 11 is 0. The van der Waals surface area contributed by atoms with E-state index in [0.29, 0.717) is 35.2 Å². The van der Waals surface area contributed by atoms with E-state index in [1.54, 1.807) is 12.1 Å². The third-order valence-corrected chi connectivity index (χ3v) is 2.01. The number of imidazole rings is 1. The van der Waals surface area contributed by atoms with Gasteiger partial charge in [0.1, 0.15) is 5.52 Å². The van der Waals surface area contributed by atoms with Gasteiger partial charge >= 0.3 is 0 Å². The molecule has 0 aliphatic heterocycles. The van der Waals surface area contributed by atoms with Gasteiger partial charge in [0.05, 0.1) is 23.2 Å². The summed E-state index contributed by atoms with van der Waals surface area (Å²) in [7, 11) is 0. The van der Waals surface area contributed by atoms with Crippen LogP contribution in [-0.4, -0.2) is 22.8 Å². The Morgan fingerprint density at radius 2 is 1.80 bits per heavy atom. The molecular weight excluding hydrogens is 196 g/mol. The Bertz CT molecular complexity index is 462. The number of benzene rings is 1. The standard InChI is InChI=1S/C9H8N4O2/c14-4-12-6-1-2-7(13-5-15)9-8(6)10-3-11-9/h1-5H,(H,10,11)(H,12,14)(H,13,15). The predicted octanol–water partition coefficient (Wildman–Crippen LogP) is 0.700. The van der Waals surface area contributed by atoms with Crippen molar-refractivity contribution in [1.29, 1.82) is 0 Å². The first-order chi connectivity index (χ1) is 7.36. The smallest absolute Gasteiger partial charge is 0.211 e. The van der Waals surface area contributed by atoms with E-state index in [-0.39, 0.29) is 0 Å². The summed E-state index contributed by atoms with van der Waals surface area (Å²) in [5.41, 5.74) is 2.49. The van der Waals surface area contributed by atoms with Crippen LogP contribution in [0.15, 0.2) is 18.5 Å². The molecule has 0 bridgehead atoms. The molecule has 0 saturated carbocycles. The van der Waals surface area contributed by atoms with Gasteiger partial charge in [-0.25, -0.2) is 4.98 Å². The van der Waals surface area contributed by atoms with Crippen molar-refractivity contribution >= 4 is 35.2 Å². The number of rotatable bonds is 4. The Morgan fingerprint density at radius 3 is 2.53 bits per heavy atom. The molecule has 0 aliphatic carbocycles. The SMILES string of the molecule is O=CNc1ccc(NC=O)c2[nH]cnc12. The number of H-pyrrole nitrogens is 1. The van der Waals surface area contributed by atoms with Crippen molar-refractivity contribution in [2.75, 3.05) is 10.6 Å². The van der Waals surface area contributed by atoms with Crippen LogP contribution >= 0.6 is 0 Å². The molecular formula is C9H8N4O2. The van der Waals surface area contributed by atoms with Gasteiger partial charge in [-0.1, -0.05) is 0 Å². The zero-order valence-corrected chi connectivity index (χ0v) is 7.65. The van der Waals surface area contributed by atoms with Gasteiger partial charge in [-0.3, -0.25) is 9.59 Å². The molecule has 6 nitrogen and oxygen atoms in total. The zero-order chi connectivity index (χ0) is 10.7. The molecule has 2 aromatic rings. The van der Waals surface area contributed by atoms with Gasteiger partial charge in [-0.15, -0.1) is 0 Å². The van der Waals surface area contributed by atoms with E-state index in [9.17, 15) is 9.59 Å². The molecule has 0 unspecified atom stereocenters. The largest absolute Gasteiger partial charge is 0.343 e. The quantitative estimate of drug-likeness (QED) is 0.640. The summed E-state index contributed by atoms with van der Waals surface area (Å²) in [5, 5.41) is 5.06. The molecule has 2 rings (SSSR count). The van der Waals surface area contributed by atoms with E-state index in [1.165, 1.54) is 6.33 Å². The Labute approximate surface area is 84.7 Å². The number of amides is 2. The highest BCUT2D eigenvalue weighted by Gasteiger charge is 2.07. The Hall–Kier alpha value is -2.37. The summed E-state index contributed by atoms with van der Waals surface area (Å²) in [5.74, 6) is 0. The van der Waals surface area contributed by atoms with E-state index in [2.05, 4.69) is 20.6 Å². The first-order valence-corrected chi connectivity index (χ1v) is 4.23. The van der Waals surface area contributed by atoms with Crippen molar-refractivity contribution in [3.63, 3.8) is 0 Å². The van der Waals surface area contributed by atoms with Crippen molar-refractivity contribution < 1.29 is 9.59 Å². The molecule has 2 amide bonds. The first kappa shape index (κ1) is 9.20. The van der Waals surface area contributed by atoms with E-state index in [0.717, 1.165) is 0 Å². The summed E-state index contributed by atoms with van der Waals surface area (Å²) < 4.78 is 0. The third-order valence-electron chi connectivity index (χ3n) is 2.01. The molecule has 0 aliphatic rings. The number of aromatic nitrogens is 2. The number of aromatic amines is 1. The lowest BCUT2D eigenvalue weighted by molar-refractivity contribution is -0.106. The fourth-order valence-electron chi connectivity index (χ4n) is 1.40. The van der Waals surface area contributed by atoms with Crippen LogP contribution < -0.4 is 10.6 Å². The zero-order valence-electron chi connectivity index (χ0n) is 7.65. The van der Waals surface area contributed by atoms with Crippen LogP contribution in [0.1, 0.15) is 0 Å². The van der Waals surface area contributed by atoms with Crippen LogP contribution in [-0.2, 0) is 9.59 Å². The van der Waals surface area contributed by atoms with Crippen molar-refractivity contribution in [3.05, 3.63) is 18.5 Å². The molecule has 3 N–H and O–H groups in total. The molecule has 0 fully saturated rings. The van der Waals surface area contributed by atoms with Crippen LogP contribution in [0.3, 0.4) is 0 Å². The maximum atomic E-state index is 10.3. The number of nitrogens with one attached hydrogen (secondary N) is 3. The molecule has 1 heterocycles. The highest BCUT2D eigenvalue weighted by molar-refractivity contribution is 6.01. The normalized spacial score (nSPS) is 9.87. The molecule has 76 valence electrons. The Balaban J connectivity index is 2.59. The lowest BCUT2D eigenvalue weighted by atomic mass is 10.2. The highest BCUT2D eigenvalue weighted by atomic mass is 16.1. The van der Waals surface area contributed by atoms with E-state index in [1.807, 2.05) is 0 Å². The number of carbonyl (C=O) groups is 2. The lowest BCUT2D eigenvalue weighted by Crippen LogP contribution is -1.98. The second-order valence-electron chi connectivity index (χ2n) is 2.81. The molecule has 1 aromatic carbocycles. The second-order valence-corrected chi connectivity index (χ2v) is 2.81. The van der Waals surface area contributed by atoms with Crippen molar-refractivity contribution in [1.82, 2.24) is 9.97 Å². The van der Waals surface area contributed by atoms with E-state index < -0.39 is 0 Å². The van der Waals surface area contributed by atoms with Gasteiger partial charge in [-0.05, 0) is 12.1 Å². The van der Waals surface area contributed by atoms with Gasteiger partial charge in [0.15, 0.2) is 0 Å². The summed E-state index contributed by atoms with van der Waals surface area (Å²) in [4.78, 5) is 27.6. The average molecular weight is 204 g/mol. The van der Waals surface area contributed by atoms with Crippen molar-refractivity contribution in [3.8, 4) is 0 Å². The number of hydrogen-bond acceptors (Lipinski definition) is 3. The second kappa shape index (κ2) is 3.79. The monoisotopic (exact) mass is 204 g/mol. The van der Waals surface area contributed by atoms with Gasteiger partial charge < -0.3 is 15.6 Å². The molecule has 0 saturated heterocycles. The minimum absolute atomic E-state index is 0.580. The van der Waals surface area contributed by atoms with E-state index in [4.69, 9.17) is 0 Å². The van der Waals surface area contributed by atoms with Gasteiger partial charge in [0.2, 0.25) is 12.8 Å². The van der Waals surface area contributed by atoms with Gasteiger partial charge in [0, 0.05) is 0 Å². The topological polar surface area (TPSA) is 86.9 Å². The predicted molar refractivity (Wildman–Crippen MR) is 55.5 cm³/mol. The molecule has 6 heteroatoms. The minimum atomic E-state index is 0.580. The summed E-state index contributed by atoms with van der Waals surface area (Å²) in [6.07, 6.45) is 2.66. The number of anilines is 2. The number of nitrogens with zero attached hydrogens (tertiary/aromatic N) is 1. The number of hydrogen-bond donors (Lipinski definition) is 3. The molecule has 15 heavy (non-hydrogen) atoms. The molecule has 1 aromatic heterocycles. The first-order valence-electron chi connectivity index (χ1n) is 4.23. The van der Waals surface area contributed by atoms with Crippen LogP contribution in [0.4, 0.5) is 11.4 Å². The molecule has 0 spiro atoms. The molecule has 0 radical (unpaired) electrons. The summed E-state index contributed by atoms with van der Waals surface area (Å²) in [6.45, 7) is 0. The maximum Gasteiger partial charge on any atom is 0.211 e. The third kappa shape index (κ3) is 1.52. The van der Waals surface area contributed by atoms with Gasteiger partial charge in [0.25, 0.3) is 0 Å². The van der Waals surface area contributed by atoms with Crippen LogP contribution in [0.5, 0.6) is 0 Å². The average Bonchev–Trinajstić information content (AvgIpc) is 2.71.